The van der Waals surface area contributed by atoms with Crippen molar-refractivity contribution in [3.63, 3.8) is 0 Å². The molecule has 2 N–H and O–H groups in total. The standard InChI is InChI=1S/C26H20Cl3F9N2O2/c1-23(11-41,10-39-14-8-24(31,32)9-14)40-22(42)15-3-2-12(4-17(15)26(36,37)38)20(30)7-16(25(33,34)35)13-5-18(27)21(29)19(28)6-13/h2-7,11,14,16,39H,8-10H2,1H3,(H,40,42)/b20-7-/t16?,23-/m0/s1. The van der Waals surface area contributed by atoms with E-state index in [1.54, 1.807) is 0 Å². The van der Waals surface area contributed by atoms with Gasteiger partial charge in [0.25, 0.3) is 11.8 Å². The number of carbonyl (C=O) groups is 2. The van der Waals surface area contributed by atoms with Crippen molar-refractivity contribution in [1.29, 1.82) is 0 Å². The highest BCUT2D eigenvalue weighted by Crippen LogP contribution is 2.43. The van der Waals surface area contributed by atoms with Gasteiger partial charge in [0.2, 0.25) is 0 Å². The molecule has 230 valence electrons. The molecule has 2 aromatic carbocycles. The Morgan fingerprint density at radius 2 is 1.62 bits per heavy atom. The second-order valence-electron chi connectivity index (χ2n) is 9.92. The zero-order chi connectivity index (χ0) is 31.8. The molecule has 1 saturated carbocycles. The van der Waals surface area contributed by atoms with E-state index in [4.69, 9.17) is 34.8 Å². The molecule has 2 atom stereocenters. The van der Waals surface area contributed by atoms with Crippen molar-refractivity contribution < 1.29 is 49.1 Å². The van der Waals surface area contributed by atoms with Crippen molar-refractivity contribution in [3.8, 4) is 0 Å². The normalized spacial score (nSPS) is 18.2. The second-order valence-corrected chi connectivity index (χ2v) is 11.1. The first-order valence-electron chi connectivity index (χ1n) is 11.9. The van der Waals surface area contributed by atoms with Crippen LogP contribution in [-0.2, 0) is 11.0 Å². The molecular weight excluding hydrogens is 650 g/mol. The Balaban J connectivity index is 1.93. The summed E-state index contributed by atoms with van der Waals surface area (Å²) in [6, 6.07) is 2.20. The zero-order valence-corrected chi connectivity index (χ0v) is 23.4. The van der Waals surface area contributed by atoms with Gasteiger partial charge in [-0.25, -0.2) is 13.2 Å². The van der Waals surface area contributed by atoms with Crippen molar-refractivity contribution in [1.82, 2.24) is 10.6 Å². The van der Waals surface area contributed by atoms with E-state index >= 15 is 4.39 Å². The van der Waals surface area contributed by atoms with E-state index < -0.39 is 89.1 Å². The third-order valence-corrected chi connectivity index (χ3v) is 7.58. The first-order chi connectivity index (χ1) is 19.2. The van der Waals surface area contributed by atoms with Crippen molar-refractivity contribution in [2.45, 2.75) is 55.5 Å². The molecule has 0 spiro atoms. The van der Waals surface area contributed by atoms with Crippen LogP contribution in [0.5, 0.6) is 0 Å². The summed E-state index contributed by atoms with van der Waals surface area (Å²) >= 11 is 17.3. The Hall–Kier alpha value is -2.48. The van der Waals surface area contributed by atoms with Crippen LogP contribution in [0, 0.1) is 0 Å². The third kappa shape index (κ3) is 8.12. The average molecular weight is 670 g/mol. The van der Waals surface area contributed by atoms with Gasteiger partial charge < -0.3 is 15.4 Å². The van der Waals surface area contributed by atoms with Gasteiger partial charge in [0.1, 0.15) is 23.6 Å². The minimum Gasteiger partial charge on any atom is -0.339 e. The van der Waals surface area contributed by atoms with Crippen LogP contribution in [0.1, 0.15) is 52.7 Å². The summed E-state index contributed by atoms with van der Waals surface area (Å²) in [5.41, 5.74) is -6.18. The lowest BCUT2D eigenvalue weighted by atomic mass is 9.87. The summed E-state index contributed by atoms with van der Waals surface area (Å²) in [6.45, 7) is 0.746. The predicted molar refractivity (Wildman–Crippen MR) is 139 cm³/mol. The molecule has 0 radical (unpaired) electrons. The maximum Gasteiger partial charge on any atom is 0.417 e. The summed E-state index contributed by atoms with van der Waals surface area (Å²) in [5.74, 6) is -8.72. The number of aldehydes is 1. The van der Waals surface area contributed by atoms with Crippen molar-refractivity contribution >= 4 is 52.8 Å². The van der Waals surface area contributed by atoms with Gasteiger partial charge in [-0.3, -0.25) is 4.79 Å². The lowest BCUT2D eigenvalue weighted by Gasteiger charge is -2.37. The van der Waals surface area contributed by atoms with Crippen LogP contribution < -0.4 is 10.6 Å². The SMILES string of the molecule is C[C@@](C=O)(CNC1CC(F)(F)C1)NC(=O)c1ccc(/C(F)=C/C(c2cc(Cl)c(Cl)c(Cl)c2)C(F)(F)F)cc1C(F)(F)F. The van der Waals surface area contributed by atoms with Gasteiger partial charge in [-0.05, 0) is 42.8 Å². The molecule has 4 nitrogen and oxygen atoms in total. The number of benzene rings is 2. The van der Waals surface area contributed by atoms with Gasteiger partial charge in [-0.2, -0.15) is 26.3 Å². The Labute approximate surface area is 248 Å². The highest BCUT2D eigenvalue weighted by Gasteiger charge is 2.46. The van der Waals surface area contributed by atoms with E-state index in [0.717, 1.165) is 19.1 Å². The summed E-state index contributed by atoms with van der Waals surface area (Å²) in [4.78, 5) is 24.4. The van der Waals surface area contributed by atoms with Crippen molar-refractivity contribution in [2.75, 3.05) is 6.54 Å². The fraction of sp³-hybridized carbons (Fsp3) is 0.385. The molecule has 1 amide bonds. The number of hydrogen-bond donors (Lipinski definition) is 2. The molecule has 1 fully saturated rings. The third-order valence-electron chi connectivity index (χ3n) is 6.38. The van der Waals surface area contributed by atoms with Crippen LogP contribution in [0.2, 0.25) is 15.1 Å². The molecule has 1 unspecified atom stereocenters. The van der Waals surface area contributed by atoms with E-state index in [1.807, 2.05) is 0 Å². The fourth-order valence-electron chi connectivity index (χ4n) is 4.11. The molecule has 0 aliphatic heterocycles. The van der Waals surface area contributed by atoms with E-state index in [-0.39, 0.29) is 33.5 Å². The molecule has 0 bridgehead atoms. The Kier molecular flexibility index (Phi) is 9.93. The molecule has 0 heterocycles. The van der Waals surface area contributed by atoms with Crippen LogP contribution in [0.25, 0.3) is 5.83 Å². The molecule has 2 aromatic rings. The van der Waals surface area contributed by atoms with Crippen LogP contribution in [0.4, 0.5) is 39.5 Å². The molecule has 1 aliphatic carbocycles. The monoisotopic (exact) mass is 668 g/mol. The molecule has 3 rings (SSSR count). The van der Waals surface area contributed by atoms with E-state index in [2.05, 4.69) is 10.6 Å². The summed E-state index contributed by atoms with van der Waals surface area (Å²) in [7, 11) is 0. The van der Waals surface area contributed by atoms with Gasteiger partial charge in [-0.15, -0.1) is 0 Å². The van der Waals surface area contributed by atoms with E-state index in [0.29, 0.717) is 12.1 Å². The van der Waals surface area contributed by atoms with Crippen LogP contribution in [0.3, 0.4) is 0 Å². The highest BCUT2D eigenvalue weighted by molar-refractivity contribution is 6.48. The first kappa shape index (κ1) is 34.0. The van der Waals surface area contributed by atoms with Gasteiger partial charge in [0.15, 0.2) is 0 Å². The summed E-state index contributed by atoms with van der Waals surface area (Å²) < 4.78 is 124. The Morgan fingerprint density at radius 3 is 2.10 bits per heavy atom. The molecule has 16 heteroatoms. The maximum atomic E-state index is 15.1. The number of hydrogen-bond acceptors (Lipinski definition) is 3. The number of rotatable bonds is 9. The number of nitrogens with one attached hydrogen (secondary N) is 2. The smallest absolute Gasteiger partial charge is 0.339 e. The quantitative estimate of drug-likeness (QED) is 0.160. The number of allylic oxidation sites excluding steroid dienone is 1. The van der Waals surface area contributed by atoms with Crippen LogP contribution in [0.15, 0.2) is 36.4 Å². The topological polar surface area (TPSA) is 58.2 Å². The highest BCUT2D eigenvalue weighted by atomic mass is 35.5. The molecule has 1 aliphatic rings. The van der Waals surface area contributed by atoms with Gasteiger partial charge in [0, 0.05) is 31.0 Å². The van der Waals surface area contributed by atoms with Gasteiger partial charge in [-0.1, -0.05) is 40.9 Å². The van der Waals surface area contributed by atoms with Crippen molar-refractivity contribution in [3.05, 3.63) is 73.7 Å². The lowest BCUT2D eigenvalue weighted by molar-refractivity contribution is -0.140. The predicted octanol–water partition coefficient (Wildman–Crippen LogP) is 8.40. The largest absolute Gasteiger partial charge is 0.417 e. The van der Waals surface area contributed by atoms with E-state index in [1.165, 1.54) is 0 Å². The van der Waals surface area contributed by atoms with Crippen molar-refractivity contribution in [2.24, 2.45) is 0 Å². The van der Waals surface area contributed by atoms with Gasteiger partial charge >= 0.3 is 12.4 Å². The van der Waals surface area contributed by atoms with E-state index in [9.17, 15) is 44.7 Å². The molecule has 42 heavy (non-hydrogen) atoms. The Morgan fingerprint density at radius 1 is 1.05 bits per heavy atom. The molecular formula is C26H20Cl3F9N2O2. The van der Waals surface area contributed by atoms with Crippen LogP contribution in [-0.4, -0.2) is 42.4 Å². The summed E-state index contributed by atoms with van der Waals surface area (Å²) in [6.07, 6.45) is -11.2. The lowest BCUT2D eigenvalue weighted by Crippen LogP contribution is -2.58. The first-order valence-corrected chi connectivity index (χ1v) is 13.0. The number of halogens is 12. The maximum absolute atomic E-state index is 15.1. The zero-order valence-electron chi connectivity index (χ0n) is 21.2. The van der Waals surface area contributed by atoms with Gasteiger partial charge in [0.05, 0.1) is 26.2 Å². The van der Waals surface area contributed by atoms with Crippen LogP contribution >= 0.6 is 34.8 Å². The second kappa shape index (κ2) is 12.3. The molecule has 0 saturated heterocycles. The number of carbonyl (C=O) groups excluding carboxylic acids is 2. The number of amides is 1. The minimum absolute atomic E-state index is 0.0181. The molecule has 0 aromatic heterocycles. The minimum atomic E-state index is -5.28. The number of alkyl halides is 8. The fourth-order valence-corrected chi connectivity index (χ4v) is 4.72. The Bertz CT molecular complexity index is 1370. The summed E-state index contributed by atoms with van der Waals surface area (Å²) in [5, 5.41) is 3.70. The average Bonchev–Trinajstić information content (AvgIpc) is 2.85.